The Hall–Kier alpha value is -0.360. The van der Waals surface area contributed by atoms with E-state index in [-0.39, 0.29) is 30.5 Å². The molecule has 2 fully saturated rings. The maximum Gasteiger partial charge on any atom is 0.236 e. The molecule has 0 saturated carbocycles. The Kier molecular flexibility index (Phi) is 6.53. The second-order valence-electron chi connectivity index (χ2n) is 5.58. The van der Waals surface area contributed by atoms with Crippen molar-refractivity contribution in [2.45, 2.75) is 39.0 Å². The average Bonchev–Trinajstić information content (AvgIpc) is 2.31. The van der Waals surface area contributed by atoms with Crippen LogP contribution >= 0.6 is 12.4 Å². The van der Waals surface area contributed by atoms with Crippen LogP contribution in [-0.4, -0.2) is 73.2 Å². The van der Waals surface area contributed by atoms with E-state index in [1.165, 1.54) is 0 Å². The first-order valence-electron chi connectivity index (χ1n) is 6.94. The van der Waals surface area contributed by atoms with E-state index < -0.39 is 0 Å². The third-order valence-electron chi connectivity index (χ3n) is 3.75. The van der Waals surface area contributed by atoms with E-state index in [1.54, 1.807) is 0 Å². The van der Waals surface area contributed by atoms with Gasteiger partial charge in [-0.3, -0.25) is 9.69 Å². The van der Waals surface area contributed by atoms with Crippen molar-refractivity contribution in [1.29, 1.82) is 0 Å². The summed E-state index contributed by atoms with van der Waals surface area (Å²) in [6.07, 6.45) is 0.302. The SMILES string of the molecule is CC1CN(C(=O)CN2CCNCC2C)CC(C)O1.Cl. The lowest BCUT2D eigenvalue weighted by Crippen LogP contribution is -2.55. The van der Waals surface area contributed by atoms with E-state index in [2.05, 4.69) is 17.1 Å². The van der Waals surface area contributed by atoms with Gasteiger partial charge in [0, 0.05) is 38.8 Å². The van der Waals surface area contributed by atoms with Gasteiger partial charge in [-0.25, -0.2) is 0 Å². The first-order valence-corrected chi connectivity index (χ1v) is 6.94. The van der Waals surface area contributed by atoms with Gasteiger partial charge in [0.05, 0.1) is 18.8 Å². The number of rotatable bonds is 2. The highest BCUT2D eigenvalue weighted by Crippen LogP contribution is 2.12. The van der Waals surface area contributed by atoms with E-state index in [1.807, 2.05) is 18.7 Å². The molecule has 2 rings (SSSR count). The maximum atomic E-state index is 12.3. The smallest absolute Gasteiger partial charge is 0.236 e. The van der Waals surface area contributed by atoms with Crippen LogP contribution in [0.3, 0.4) is 0 Å². The van der Waals surface area contributed by atoms with Crippen LogP contribution < -0.4 is 5.32 Å². The van der Waals surface area contributed by atoms with Crippen molar-refractivity contribution in [1.82, 2.24) is 15.1 Å². The van der Waals surface area contributed by atoms with Crippen LogP contribution in [0.2, 0.25) is 0 Å². The number of hydrogen-bond acceptors (Lipinski definition) is 4. The summed E-state index contributed by atoms with van der Waals surface area (Å²) in [5.74, 6) is 0.241. The molecule has 2 saturated heterocycles. The highest BCUT2D eigenvalue weighted by molar-refractivity contribution is 5.85. The Labute approximate surface area is 122 Å². The van der Waals surface area contributed by atoms with Crippen molar-refractivity contribution >= 4 is 18.3 Å². The fraction of sp³-hybridized carbons (Fsp3) is 0.923. The Morgan fingerprint density at radius 1 is 1.26 bits per heavy atom. The van der Waals surface area contributed by atoms with Crippen molar-refractivity contribution in [3.63, 3.8) is 0 Å². The van der Waals surface area contributed by atoms with Crippen molar-refractivity contribution < 1.29 is 9.53 Å². The molecule has 0 radical (unpaired) electrons. The Bertz CT molecular complexity index is 294. The number of morpholine rings is 1. The molecule has 0 aromatic heterocycles. The average molecular weight is 292 g/mol. The van der Waals surface area contributed by atoms with Gasteiger partial charge in [-0.15, -0.1) is 12.4 Å². The summed E-state index contributed by atoms with van der Waals surface area (Å²) in [5.41, 5.74) is 0. The molecule has 1 N–H and O–H groups in total. The van der Waals surface area contributed by atoms with Crippen LogP contribution in [0.25, 0.3) is 0 Å². The number of nitrogens with one attached hydrogen (secondary N) is 1. The predicted octanol–water partition coefficient (Wildman–Crippen LogP) is 0.338. The molecule has 0 aromatic carbocycles. The summed E-state index contributed by atoms with van der Waals surface area (Å²) in [7, 11) is 0. The largest absolute Gasteiger partial charge is 0.372 e. The lowest BCUT2D eigenvalue weighted by Gasteiger charge is -2.38. The lowest BCUT2D eigenvalue weighted by atomic mass is 10.2. The molecule has 5 nitrogen and oxygen atoms in total. The molecular formula is C13H26ClN3O2. The van der Waals surface area contributed by atoms with Gasteiger partial charge in [0.2, 0.25) is 5.91 Å². The molecule has 3 atom stereocenters. The molecule has 0 aromatic rings. The second kappa shape index (κ2) is 7.43. The van der Waals surface area contributed by atoms with Crippen LogP contribution in [0.5, 0.6) is 0 Å². The molecule has 2 aliphatic rings. The first-order chi connectivity index (χ1) is 8.56. The number of carbonyl (C=O) groups is 1. The zero-order chi connectivity index (χ0) is 13.1. The van der Waals surface area contributed by atoms with Gasteiger partial charge in [-0.05, 0) is 20.8 Å². The molecule has 112 valence electrons. The molecule has 0 aliphatic carbocycles. The Balaban J connectivity index is 0.00000180. The Morgan fingerprint density at radius 3 is 2.47 bits per heavy atom. The minimum atomic E-state index is 0. The molecule has 1 amide bonds. The summed E-state index contributed by atoms with van der Waals surface area (Å²) in [6, 6.07) is 0.443. The van der Waals surface area contributed by atoms with Gasteiger partial charge in [-0.1, -0.05) is 0 Å². The molecule has 3 unspecified atom stereocenters. The monoisotopic (exact) mass is 291 g/mol. The molecule has 0 spiro atoms. The fourth-order valence-electron chi connectivity index (χ4n) is 2.77. The van der Waals surface area contributed by atoms with Crippen LogP contribution in [0.4, 0.5) is 0 Å². The van der Waals surface area contributed by atoms with Crippen molar-refractivity contribution in [2.24, 2.45) is 0 Å². The zero-order valence-electron chi connectivity index (χ0n) is 12.1. The number of ether oxygens (including phenoxy) is 1. The fourth-order valence-corrected chi connectivity index (χ4v) is 2.77. The minimum Gasteiger partial charge on any atom is -0.372 e. The third kappa shape index (κ3) is 4.60. The highest BCUT2D eigenvalue weighted by Gasteiger charge is 2.28. The van der Waals surface area contributed by atoms with E-state index in [4.69, 9.17) is 4.74 Å². The van der Waals surface area contributed by atoms with Gasteiger partial charge in [0.25, 0.3) is 0 Å². The summed E-state index contributed by atoms with van der Waals surface area (Å²) >= 11 is 0. The molecule has 0 bridgehead atoms. The number of amides is 1. The number of piperazine rings is 1. The van der Waals surface area contributed by atoms with Crippen LogP contribution in [0.1, 0.15) is 20.8 Å². The molecule has 2 aliphatic heterocycles. The van der Waals surface area contributed by atoms with Gasteiger partial charge in [0.1, 0.15) is 0 Å². The van der Waals surface area contributed by atoms with Crippen molar-refractivity contribution in [3.05, 3.63) is 0 Å². The van der Waals surface area contributed by atoms with Gasteiger partial charge >= 0.3 is 0 Å². The van der Waals surface area contributed by atoms with E-state index in [0.717, 1.165) is 32.7 Å². The number of halogens is 1. The lowest BCUT2D eigenvalue weighted by molar-refractivity contribution is -0.145. The summed E-state index contributed by atoms with van der Waals surface area (Å²) in [4.78, 5) is 16.5. The number of hydrogen-bond donors (Lipinski definition) is 1. The van der Waals surface area contributed by atoms with Crippen LogP contribution in [0, 0.1) is 0 Å². The van der Waals surface area contributed by atoms with E-state index >= 15 is 0 Å². The Morgan fingerprint density at radius 2 is 1.89 bits per heavy atom. The molecule has 2 heterocycles. The highest BCUT2D eigenvalue weighted by atomic mass is 35.5. The third-order valence-corrected chi connectivity index (χ3v) is 3.75. The standard InChI is InChI=1S/C13H25N3O2.ClH/c1-10-6-14-4-5-15(10)9-13(17)16-7-11(2)18-12(3)8-16;/h10-12,14H,4-9H2,1-3H3;1H. The maximum absolute atomic E-state index is 12.3. The second-order valence-corrected chi connectivity index (χ2v) is 5.58. The van der Waals surface area contributed by atoms with Crippen LogP contribution in [0.15, 0.2) is 0 Å². The summed E-state index contributed by atoms with van der Waals surface area (Å²) in [6.45, 7) is 11.1. The number of nitrogens with zero attached hydrogens (tertiary/aromatic N) is 2. The summed E-state index contributed by atoms with van der Waals surface area (Å²) in [5, 5.41) is 3.34. The normalized spacial score (nSPS) is 32.8. The topological polar surface area (TPSA) is 44.8 Å². The predicted molar refractivity (Wildman–Crippen MR) is 77.7 cm³/mol. The van der Waals surface area contributed by atoms with Crippen LogP contribution in [-0.2, 0) is 9.53 Å². The van der Waals surface area contributed by atoms with E-state index in [9.17, 15) is 4.79 Å². The molecule has 19 heavy (non-hydrogen) atoms. The number of carbonyl (C=O) groups excluding carboxylic acids is 1. The van der Waals surface area contributed by atoms with Crippen molar-refractivity contribution in [3.8, 4) is 0 Å². The van der Waals surface area contributed by atoms with Gasteiger partial charge in [-0.2, -0.15) is 0 Å². The van der Waals surface area contributed by atoms with Gasteiger partial charge in [0.15, 0.2) is 0 Å². The summed E-state index contributed by atoms with van der Waals surface area (Å²) < 4.78 is 5.66. The van der Waals surface area contributed by atoms with Gasteiger partial charge < -0.3 is 15.0 Å². The van der Waals surface area contributed by atoms with E-state index in [0.29, 0.717) is 12.6 Å². The zero-order valence-corrected chi connectivity index (χ0v) is 12.9. The van der Waals surface area contributed by atoms with Crippen molar-refractivity contribution in [2.75, 3.05) is 39.3 Å². The quantitative estimate of drug-likeness (QED) is 0.797. The molecular weight excluding hydrogens is 266 g/mol. The molecule has 6 heteroatoms. The first kappa shape index (κ1) is 16.7. The minimum absolute atomic E-state index is 0.